The molecular formula is C19H18N2O3. The maximum absolute atomic E-state index is 12.8. The van der Waals surface area contributed by atoms with Crippen LogP contribution in [0.2, 0.25) is 0 Å². The Bertz CT molecular complexity index is 988. The summed E-state index contributed by atoms with van der Waals surface area (Å²) in [5, 5.41) is 11.0. The van der Waals surface area contributed by atoms with Crippen molar-refractivity contribution in [3.8, 4) is 5.75 Å². The van der Waals surface area contributed by atoms with Gasteiger partial charge in [0.05, 0.1) is 5.52 Å². The molecule has 24 heavy (non-hydrogen) atoms. The fourth-order valence-electron chi connectivity index (χ4n) is 2.73. The summed E-state index contributed by atoms with van der Waals surface area (Å²) in [6.07, 6.45) is 0. The third-order valence-electron chi connectivity index (χ3n) is 4.22. The standard InChI is InChI=1S/C19H18N2O3/c1-12-8-10-13(11-9-12)20(2)18(23)16-17(22)14-6-4-5-7-15(14)21(3)19(16)24/h4-11,22H,1-3H3. The van der Waals surface area contributed by atoms with Gasteiger partial charge in [0.1, 0.15) is 11.3 Å². The highest BCUT2D eigenvalue weighted by Crippen LogP contribution is 2.27. The minimum absolute atomic E-state index is 0.223. The van der Waals surface area contributed by atoms with Crippen molar-refractivity contribution in [2.45, 2.75) is 6.92 Å². The van der Waals surface area contributed by atoms with Gasteiger partial charge in [-0.05, 0) is 31.2 Å². The second kappa shape index (κ2) is 5.85. The summed E-state index contributed by atoms with van der Waals surface area (Å²) >= 11 is 0. The average Bonchev–Trinajstić information content (AvgIpc) is 2.60. The van der Waals surface area contributed by atoms with Crippen LogP contribution < -0.4 is 10.5 Å². The van der Waals surface area contributed by atoms with Crippen LogP contribution in [0.5, 0.6) is 5.75 Å². The Kier molecular flexibility index (Phi) is 3.85. The van der Waals surface area contributed by atoms with E-state index in [2.05, 4.69) is 0 Å². The van der Waals surface area contributed by atoms with Crippen molar-refractivity contribution in [2.75, 3.05) is 11.9 Å². The van der Waals surface area contributed by atoms with Gasteiger partial charge in [0.25, 0.3) is 11.5 Å². The predicted octanol–water partition coefficient (Wildman–Crippen LogP) is 2.83. The summed E-state index contributed by atoms with van der Waals surface area (Å²) in [5.41, 5.74) is 1.56. The number of aryl methyl sites for hydroxylation is 2. The fourth-order valence-corrected chi connectivity index (χ4v) is 2.73. The number of hydrogen-bond acceptors (Lipinski definition) is 3. The van der Waals surface area contributed by atoms with E-state index in [9.17, 15) is 14.7 Å². The van der Waals surface area contributed by atoms with Crippen LogP contribution in [-0.4, -0.2) is 22.6 Å². The topological polar surface area (TPSA) is 62.5 Å². The Labute approximate surface area is 139 Å². The highest BCUT2D eigenvalue weighted by Gasteiger charge is 2.24. The molecule has 1 amide bonds. The third-order valence-corrected chi connectivity index (χ3v) is 4.22. The number of benzene rings is 2. The molecule has 0 bridgehead atoms. The number of nitrogens with zero attached hydrogens (tertiary/aromatic N) is 2. The first-order chi connectivity index (χ1) is 11.4. The number of para-hydroxylation sites is 1. The molecule has 0 aliphatic rings. The van der Waals surface area contributed by atoms with E-state index < -0.39 is 11.5 Å². The average molecular weight is 322 g/mol. The Balaban J connectivity index is 2.17. The zero-order valence-corrected chi connectivity index (χ0v) is 13.8. The van der Waals surface area contributed by atoms with Crippen molar-refractivity contribution in [1.82, 2.24) is 4.57 Å². The SMILES string of the molecule is Cc1ccc(N(C)C(=O)c2c(O)c3ccccc3n(C)c2=O)cc1. The minimum atomic E-state index is -0.539. The van der Waals surface area contributed by atoms with Crippen LogP contribution in [-0.2, 0) is 7.05 Å². The Morgan fingerprint density at radius 2 is 1.71 bits per heavy atom. The van der Waals surface area contributed by atoms with Gasteiger partial charge in [-0.25, -0.2) is 0 Å². The van der Waals surface area contributed by atoms with Gasteiger partial charge in [-0.1, -0.05) is 29.8 Å². The molecule has 5 heteroatoms. The molecule has 0 fully saturated rings. The second-order valence-electron chi connectivity index (χ2n) is 5.80. The van der Waals surface area contributed by atoms with Crippen molar-refractivity contribution in [2.24, 2.45) is 7.05 Å². The first kappa shape index (κ1) is 15.8. The van der Waals surface area contributed by atoms with Crippen LogP contribution in [0.1, 0.15) is 15.9 Å². The largest absolute Gasteiger partial charge is 0.506 e. The van der Waals surface area contributed by atoms with E-state index in [0.29, 0.717) is 16.6 Å². The molecule has 0 unspecified atom stereocenters. The van der Waals surface area contributed by atoms with Crippen molar-refractivity contribution in [3.05, 3.63) is 70.0 Å². The number of fused-ring (bicyclic) bond motifs is 1. The quantitative estimate of drug-likeness (QED) is 0.789. The van der Waals surface area contributed by atoms with Gasteiger partial charge in [-0.2, -0.15) is 0 Å². The van der Waals surface area contributed by atoms with Gasteiger partial charge in [-0.15, -0.1) is 0 Å². The van der Waals surface area contributed by atoms with Gasteiger partial charge in [0, 0.05) is 25.2 Å². The van der Waals surface area contributed by atoms with E-state index in [-0.39, 0.29) is 11.3 Å². The van der Waals surface area contributed by atoms with Crippen LogP contribution in [0.3, 0.4) is 0 Å². The number of anilines is 1. The second-order valence-corrected chi connectivity index (χ2v) is 5.80. The zero-order chi connectivity index (χ0) is 17.4. The van der Waals surface area contributed by atoms with Crippen molar-refractivity contribution >= 4 is 22.5 Å². The number of hydrogen-bond donors (Lipinski definition) is 1. The van der Waals surface area contributed by atoms with Gasteiger partial charge >= 0.3 is 0 Å². The van der Waals surface area contributed by atoms with E-state index in [1.807, 2.05) is 19.1 Å². The summed E-state index contributed by atoms with van der Waals surface area (Å²) in [4.78, 5) is 26.8. The van der Waals surface area contributed by atoms with E-state index >= 15 is 0 Å². The summed E-state index contributed by atoms with van der Waals surface area (Å²) in [5.74, 6) is -0.819. The van der Waals surface area contributed by atoms with Crippen LogP contribution in [0.25, 0.3) is 10.9 Å². The van der Waals surface area contributed by atoms with Crippen LogP contribution in [0.15, 0.2) is 53.3 Å². The molecule has 1 aromatic heterocycles. The van der Waals surface area contributed by atoms with Gasteiger partial charge in [0.2, 0.25) is 0 Å². The molecule has 1 heterocycles. The minimum Gasteiger partial charge on any atom is -0.506 e. The van der Waals surface area contributed by atoms with Crippen molar-refractivity contribution in [3.63, 3.8) is 0 Å². The Morgan fingerprint density at radius 3 is 2.38 bits per heavy atom. The van der Waals surface area contributed by atoms with Crippen LogP contribution in [0.4, 0.5) is 5.69 Å². The number of aromatic hydroxyl groups is 1. The summed E-state index contributed by atoms with van der Waals surface area (Å²) in [7, 11) is 3.17. The Morgan fingerprint density at radius 1 is 1.08 bits per heavy atom. The maximum atomic E-state index is 12.8. The zero-order valence-electron chi connectivity index (χ0n) is 13.8. The van der Waals surface area contributed by atoms with Gasteiger partial charge in [0.15, 0.2) is 0 Å². The van der Waals surface area contributed by atoms with Crippen LogP contribution >= 0.6 is 0 Å². The lowest BCUT2D eigenvalue weighted by Gasteiger charge is -2.19. The van der Waals surface area contributed by atoms with E-state index in [0.717, 1.165) is 5.56 Å². The molecule has 2 aromatic carbocycles. The molecule has 0 saturated heterocycles. The molecule has 3 aromatic rings. The first-order valence-electron chi connectivity index (χ1n) is 7.57. The molecule has 0 aliphatic carbocycles. The molecule has 0 spiro atoms. The molecule has 1 N–H and O–H groups in total. The number of pyridine rings is 1. The number of carbonyl (C=O) groups is 1. The summed E-state index contributed by atoms with van der Waals surface area (Å²) in [6, 6.07) is 14.3. The highest BCUT2D eigenvalue weighted by atomic mass is 16.3. The van der Waals surface area contributed by atoms with E-state index in [4.69, 9.17) is 0 Å². The molecule has 122 valence electrons. The molecular weight excluding hydrogens is 304 g/mol. The molecule has 0 radical (unpaired) electrons. The van der Waals surface area contributed by atoms with Gasteiger partial charge in [-0.3, -0.25) is 9.59 Å². The normalized spacial score (nSPS) is 10.8. The molecule has 0 atom stereocenters. The maximum Gasteiger partial charge on any atom is 0.267 e. The van der Waals surface area contributed by atoms with Crippen LogP contribution in [0, 0.1) is 6.92 Å². The van der Waals surface area contributed by atoms with Crippen molar-refractivity contribution in [1.29, 1.82) is 0 Å². The predicted molar refractivity (Wildman–Crippen MR) is 94.8 cm³/mol. The molecule has 0 saturated carbocycles. The molecule has 5 nitrogen and oxygen atoms in total. The lowest BCUT2D eigenvalue weighted by atomic mass is 10.1. The van der Waals surface area contributed by atoms with E-state index in [1.165, 1.54) is 9.47 Å². The number of carbonyl (C=O) groups excluding carboxylic acids is 1. The van der Waals surface area contributed by atoms with Gasteiger partial charge < -0.3 is 14.6 Å². The highest BCUT2D eigenvalue weighted by molar-refractivity contribution is 6.10. The molecule has 3 rings (SSSR count). The monoisotopic (exact) mass is 322 g/mol. The lowest BCUT2D eigenvalue weighted by molar-refractivity contribution is 0.0988. The third kappa shape index (κ3) is 2.44. The molecule has 0 aliphatic heterocycles. The fraction of sp³-hybridized carbons (Fsp3) is 0.158. The summed E-state index contributed by atoms with van der Waals surface area (Å²) in [6.45, 7) is 1.95. The lowest BCUT2D eigenvalue weighted by Crippen LogP contribution is -2.34. The number of rotatable bonds is 2. The first-order valence-corrected chi connectivity index (χ1v) is 7.57. The number of amides is 1. The summed E-state index contributed by atoms with van der Waals surface area (Å²) < 4.78 is 1.38. The number of aromatic nitrogens is 1. The van der Waals surface area contributed by atoms with Crippen molar-refractivity contribution < 1.29 is 9.90 Å². The van der Waals surface area contributed by atoms with E-state index in [1.54, 1.807) is 50.5 Å². The Hall–Kier alpha value is -3.08. The smallest absolute Gasteiger partial charge is 0.267 e.